The zero-order valence-electron chi connectivity index (χ0n) is 21.4. The summed E-state index contributed by atoms with van der Waals surface area (Å²) in [6.45, 7) is 5.70. The molecule has 0 bridgehead atoms. The zero-order chi connectivity index (χ0) is 26.6. The Bertz CT molecular complexity index is 1450. The maximum Gasteiger partial charge on any atom is 0.335 e. The fourth-order valence-corrected chi connectivity index (χ4v) is 3.77. The van der Waals surface area contributed by atoms with E-state index < -0.39 is 11.6 Å². The van der Waals surface area contributed by atoms with Crippen LogP contribution in [0.5, 0.6) is 5.75 Å². The average molecular weight is 499 g/mol. The Morgan fingerprint density at radius 1 is 1.03 bits per heavy atom. The number of fused-ring (bicyclic) bond motifs is 1. The minimum atomic E-state index is -1.25. The van der Waals surface area contributed by atoms with Gasteiger partial charge in [0.05, 0.1) is 24.8 Å². The van der Waals surface area contributed by atoms with E-state index in [1.807, 2.05) is 90.4 Å². The molecule has 0 spiro atoms. The van der Waals surface area contributed by atoms with E-state index >= 15 is 0 Å². The van der Waals surface area contributed by atoms with E-state index in [0.717, 1.165) is 22.2 Å². The summed E-state index contributed by atoms with van der Waals surface area (Å²) in [4.78, 5) is 29.2. The van der Waals surface area contributed by atoms with Crippen LogP contribution in [0.4, 0.5) is 0 Å². The molecule has 0 saturated heterocycles. The third-order valence-electron chi connectivity index (χ3n) is 6.16. The van der Waals surface area contributed by atoms with Gasteiger partial charge in [-0.15, -0.1) is 0 Å². The number of ketones is 1. The van der Waals surface area contributed by atoms with Crippen LogP contribution in [0.25, 0.3) is 17.1 Å². The number of rotatable bonds is 10. The highest BCUT2D eigenvalue weighted by Crippen LogP contribution is 2.24. The fraction of sp³-hybridized carbons (Fsp3) is 0.233. The fourth-order valence-electron chi connectivity index (χ4n) is 3.77. The highest BCUT2D eigenvalue weighted by molar-refractivity contribution is 6.08. The highest BCUT2D eigenvalue weighted by Gasteiger charge is 2.27. The topological polar surface area (TPSA) is 90.6 Å². The molecule has 37 heavy (non-hydrogen) atoms. The minimum absolute atomic E-state index is 0.141. The number of aromatic nitrogens is 2. The molecule has 4 aromatic rings. The van der Waals surface area contributed by atoms with Crippen molar-refractivity contribution in [1.29, 1.82) is 0 Å². The van der Waals surface area contributed by atoms with E-state index in [4.69, 9.17) is 9.47 Å². The van der Waals surface area contributed by atoms with Gasteiger partial charge >= 0.3 is 5.97 Å². The molecular weight excluding hydrogens is 468 g/mol. The first-order valence-corrected chi connectivity index (χ1v) is 12.0. The Morgan fingerprint density at radius 2 is 1.73 bits per heavy atom. The lowest BCUT2D eigenvalue weighted by Gasteiger charge is -2.20. The summed E-state index contributed by atoms with van der Waals surface area (Å²) in [7, 11) is 1.60. The molecule has 0 saturated carbocycles. The molecule has 1 aromatic heterocycles. The Balaban J connectivity index is 1.55. The monoisotopic (exact) mass is 498 g/mol. The van der Waals surface area contributed by atoms with Crippen molar-refractivity contribution >= 4 is 28.9 Å². The predicted octanol–water partition coefficient (Wildman–Crippen LogP) is 5.68. The summed E-state index contributed by atoms with van der Waals surface area (Å²) in [5, 5.41) is 9.19. The molecule has 0 amide bonds. The summed E-state index contributed by atoms with van der Waals surface area (Å²) < 4.78 is 12.8. The van der Waals surface area contributed by atoms with E-state index in [9.17, 15) is 14.7 Å². The molecule has 4 rings (SSSR count). The van der Waals surface area contributed by atoms with Crippen molar-refractivity contribution in [2.24, 2.45) is 0 Å². The van der Waals surface area contributed by atoms with E-state index in [-0.39, 0.29) is 12.4 Å². The molecule has 0 atom stereocenters. The van der Waals surface area contributed by atoms with Crippen molar-refractivity contribution in [3.05, 3.63) is 101 Å². The first-order valence-electron chi connectivity index (χ1n) is 12.0. The van der Waals surface area contributed by atoms with Gasteiger partial charge in [0.2, 0.25) is 5.78 Å². The summed E-state index contributed by atoms with van der Waals surface area (Å²) in [5.74, 6) is -0.0990. The Kier molecular flexibility index (Phi) is 7.55. The van der Waals surface area contributed by atoms with Gasteiger partial charge in [0.15, 0.2) is 11.4 Å². The number of methoxy groups -OCH3 is 1. The molecule has 190 valence electrons. The van der Waals surface area contributed by atoms with Crippen LogP contribution in [-0.2, 0) is 22.7 Å². The average Bonchev–Trinajstić information content (AvgIpc) is 3.25. The summed E-state index contributed by atoms with van der Waals surface area (Å²) >= 11 is 0. The molecule has 1 heterocycles. The van der Waals surface area contributed by atoms with Gasteiger partial charge in [0.1, 0.15) is 5.75 Å². The van der Waals surface area contributed by atoms with Gasteiger partial charge in [-0.1, -0.05) is 66.2 Å². The first kappa shape index (κ1) is 25.9. The molecule has 0 fully saturated rings. The molecule has 0 aliphatic rings. The number of aryl methyl sites for hydroxylation is 1. The van der Waals surface area contributed by atoms with Gasteiger partial charge in [0.25, 0.3) is 0 Å². The van der Waals surface area contributed by atoms with Crippen molar-refractivity contribution in [3.63, 3.8) is 0 Å². The number of benzene rings is 3. The number of nitrogens with zero attached hydrogens (tertiary/aromatic N) is 2. The van der Waals surface area contributed by atoms with Gasteiger partial charge < -0.3 is 19.1 Å². The molecule has 7 heteroatoms. The van der Waals surface area contributed by atoms with Crippen LogP contribution in [0.15, 0.2) is 72.8 Å². The molecule has 3 aromatic carbocycles. The Morgan fingerprint density at radius 3 is 2.38 bits per heavy atom. The number of carboxylic acids is 1. The molecule has 0 aliphatic carbocycles. The van der Waals surface area contributed by atoms with Crippen LogP contribution in [0.2, 0.25) is 0 Å². The van der Waals surface area contributed by atoms with Gasteiger partial charge in [-0.25, -0.2) is 9.78 Å². The van der Waals surface area contributed by atoms with Crippen LogP contribution < -0.4 is 4.74 Å². The number of hydrogen-bond donors (Lipinski definition) is 1. The van der Waals surface area contributed by atoms with Crippen molar-refractivity contribution in [2.75, 3.05) is 7.11 Å². The number of carboxylic acid groups (broad SMARTS) is 1. The van der Waals surface area contributed by atoms with Crippen LogP contribution >= 0.6 is 0 Å². The number of allylic oxidation sites excluding steroid dienone is 1. The quantitative estimate of drug-likeness (QED) is 0.283. The Hall–Kier alpha value is -4.23. The number of ether oxygens (including phenoxy) is 2. The van der Waals surface area contributed by atoms with E-state index in [2.05, 4.69) is 4.98 Å². The number of hydrogen-bond acceptors (Lipinski definition) is 5. The largest absolute Gasteiger partial charge is 0.497 e. The lowest BCUT2D eigenvalue weighted by Crippen LogP contribution is -2.34. The Labute approximate surface area is 216 Å². The molecule has 1 N–H and O–H groups in total. The normalized spacial score (nSPS) is 11.8. The van der Waals surface area contributed by atoms with E-state index in [1.54, 1.807) is 7.11 Å². The van der Waals surface area contributed by atoms with Gasteiger partial charge in [-0.2, -0.15) is 0 Å². The maximum absolute atomic E-state index is 13.4. The SMILES string of the molecule is COc1ccc2c(c1)nc(C(=O)c1ccc(C)cc1)n2C/C=C/c1ccc(COC(C)(C)C(=O)O)cc1. The number of carbonyl (C=O) groups excluding carboxylic acids is 1. The van der Waals surface area contributed by atoms with E-state index in [0.29, 0.717) is 29.2 Å². The second kappa shape index (κ2) is 10.8. The molecule has 0 unspecified atom stereocenters. The third kappa shape index (κ3) is 5.95. The van der Waals surface area contributed by atoms with Crippen LogP contribution in [0.3, 0.4) is 0 Å². The van der Waals surface area contributed by atoms with Crippen LogP contribution in [0.1, 0.15) is 46.7 Å². The smallest absolute Gasteiger partial charge is 0.335 e. The number of imidazole rings is 1. The summed E-state index contributed by atoms with van der Waals surface area (Å²) in [6, 6.07) is 20.8. The lowest BCUT2D eigenvalue weighted by molar-refractivity contribution is -0.162. The lowest BCUT2D eigenvalue weighted by atomic mass is 10.1. The molecule has 0 aliphatic heterocycles. The van der Waals surface area contributed by atoms with Crippen LogP contribution in [-0.4, -0.2) is 39.1 Å². The third-order valence-corrected chi connectivity index (χ3v) is 6.16. The first-order chi connectivity index (χ1) is 17.7. The van der Waals surface area contributed by atoms with Gasteiger partial charge in [-0.3, -0.25) is 4.79 Å². The second-order valence-electron chi connectivity index (χ2n) is 9.34. The molecular formula is C30H30N2O5. The van der Waals surface area contributed by atoms with Gasteiger partial charge in [-0.05, 0) is 44.0 Å². The highest BCUT2D eigenvalue weighted by atomic mass is 16.5. The van der Waals surface area contributed by atoms with Crippen molar-refractivity contribution in [1.82, 2.24) is 9.55 Å². The predicted molar refractivity (Wildman–Crippen MR) is 143 cm³/mol. The molecule has 0 radical (unpaired) electrons. The van der Waals surface area contributed by atoms with Crippen LogP contribution in [0, 0.1) is 6.92 Å². The van der Waals surface area contributed by atoms with Crippen molar-refractivity contribution < 1.29 is 24.2 Å². The number of aliphatic carboxylic acids is 1. The van der Waals surface area contributed by atoms with Gasteiger partial charge in [0, 0.05) is 18.2 Å². The molecule has 7 nitrogen and oxygen atoms in total. The standard InChI is InChI=1S/C30H30N2O5/c1-20-7-13-23(14-8-20)27(33)28-31-25-18-24(36-4)15-16-26(25)32(28)17-5-6-21-9-11-22(12-10-21)19-37-30(2,3)29(34)35/h5-16,18H,17,19H2,1-4H3,(H,34,35)/b6-5+. The second-order valence-corrected chi connectivity index (χ2v) is 9.34. The minimum Gasteiger partial charge on any atom is -0.497 e. The summed E-state index contributed by atoms with van der Waals surface area (Å²) in [5.41, 5.74) is 3.81. The van der Waals surface area contributed by atoms with E-state index in [1.165, 1.54) is 13.8 Å². The number of carbonyl (C=O) groups is 2. The van der Waals surface area contributed by atoms with Crippen molar-refractivity contribution in [3.8, 4) is 5.75 Å². The van der Waals surface area contributed by atoms with Crippen molar-refractivity contribution in [2.45, 2.75) is 39.5 Å². The zero-order valence-corrected chi connectivity index (χ0v) is 21.4. The summed E-state index contributed by atoms with van der Waals surface area (Å²) in [6.07, 6.45) is 3.96. The maximum atomic E-state index is 13.4.